The molecule has 1 fully saturated rings. The van der Waals surface area contributed by atoms with Gasteiger partial charge >= 0.3 is 0 Å². The normalized spacial score (nSPS) is 23.5. The molecule has 0 N–H and O–H groups in total. The Balaban J connectivity index is 2.08. The predicted octanol–water partition coefficient (Wildman–Crippen LogP) is 3.14. The third-order valence-corrected chi connectivity index (χ3v) is 4.00. The Morgan fingerprint density at radius 1 is 1.69 bits per heavy atom. The van der Waals surface area contributed by atoms with Crippen LogP contribution in [-0.2, 0) is 0 Å². The lowest BCUT2D eigenvalue weighted by Crippen LogP contribution is -2.34. The van der Waals surface area contributed by atoms with Crippen LogP contribution in [0.5, 0.6) is 0 Å². The highest BCUT2D eigenvalue weighted by molar-refractivity contribution is 9.10. The van der Waals surface area contributed by atoms with E-state index in [0.717, 1.165) is 10.5 Å². The van der Waals surface area contributed by atoms with E-state index in [-0.39, 0.29) is 0 Å². The van der Waals surface area contributed by atoms with E-state index in [1.807, 2.05) is 0 Å². The van der Waals surface area contributed by atoms with Crippen LogP contribution in [0, 0.1) is 5.92 Å². The molecule has 13 heavy (non-hydrogen) atoms. The SMILES string of the molecule is CC1CCCN(c2nc(Br)cs2)C1. The summed E-state index contributed by atoms with van der Waals surface area (Å²) < 4.78 is 0.964. The maximum Gasteiger partial charge on any atom is 0.186 e. The van der Waals surface area contributed by atoms with Gasteiger partial charge in [0.05, 0.1) is 0 Å². The molecule has 1 aliphatic heterocycles. The molecule has 1 unspecified atom stereocenters. The van der Waals surface area contributed by atoms with Crippen molar-refractivity contribution in [1.29, 1.82) is 0 Å². The number of hydrogen-bond acceptors (Lipinski definition) is 3. The maximum absolute atomic E-state index is 4.43. The Kier molecular flexibility index (Phi) is 2.89. The highest BCUT2D eigenvalue weighted by Gasteiger charge is 2.18. The molecular formula is C9H13BrN2S. The van der Waals surface area contributed by atoms with Gasteiger partial charge in [0.1, 0.15) is 4.60 Å². The van der Waals surface area contributed by atoms with Crippen molar-refractivity contribution in [1.82, 2.24) is 4.98 Å². The van der Waals surface area contributed by atoms with Gasteiger partial charge in [-0.3, -0.25) is 0 Å². The maximum atomic E-state index is 4.43. The van der Waals surface area contributed by atoms with Crippen LogP contribution in [0.2, 0.25) is 0 Å². The molecule has 72 valence electrons. The molecule has 0 aliphatic carbocycles. The molecule has 2 nitrogen and oxygen atoms in total. The van der Waals surface area contributed by atoms with Crippen LogP contribution in [0.25, 0.3) is 0 Å². The number of aromatic nitrogens is 1. The molecule has 0 radical (unpaired) electrons. The number of anilines is 1. The van der Waals surface area contributed by atoms with Crippen LogP contribution in [0.1, 0.15) is 19.8 Å². The zero-order valence-electron chi connectivity index (χ0n) is 7.66. The molecule has 0 amide bonds. The first-order chi connectivity index (χ1) is 6.25. The Hall–Kier alpha value is -0.0900. The van der Waals surface area contributed by atoms with E-state index in [9.17, 15) is 0 Å². The zero-order valence-corrected chi connectivity index (χ0v) is 10.1. The highest BCUT2D eigenvalue weighted by Crippen LogP contribution is 2.27. The minimum Gasteiger partial charge on any atom is -0.348 e. The average molecular weight is 261 g/mol. The third-order valence-electron chi connectivity index (χ3n) is 2.39. The summed E-state index contributed by atoms with van der Waals surface area (Å²) in [6.07, 6.45) is 2.67. The topological polar surface area (TPSA) is 16.1 Å². The smallest absolute Gasteiger partial charge is 0.186 e. The Morgan fingerprint density at radius 2 is 2.54 bits per heavy atom. The van der Waals surface area contributed by atoms with Crippen molar-refractivity contribution in [3.05, 3.63) is 9.98 Å². The van der Waals surface area contributed by atoms with Gasteiger partial charge in [-0.25, -0.2) is 4.98 Å². The van der Waals surface area contributed by atoms with Crippen LogP contribution in [0.4, 0.5) is 5.13 Å². The van der Waals surface area contributed by atoms with Crippen molar-refractivity contribution in [2.24, 2.45) is 5.92 Å². The fourth-order valence-electron chi connectivity index (χ4n) is 1.75. The summed E-state index contributed by atoms with van der Waals surface area (Å²) in [5, 5.41) is 3.22. The van der Waals surface area contributed by atoms with Crippen molar-refractivity contribution < 1.29 is 0 Å². The number of hydrogen-bond donors (Lipinski definition) is 0. The van der Waals surface area contributed by atoms with Gasteiger partial charge in [-0.15, -0.1) is 11.3 Å². The summed E-state index contributed by atoms with van der Waals surface area (Å²) in [5.41, 5.74) is 0. The van der Waals surface area contributed by atoms with Gasteiger partial charge in [-0.1, -0.05) is 6.92 Å². The summed E-state index contributed by atoms with van der Waals surface area (Å²) in [5.74, 6) is 0.816. The van der Waals surface area contributed by atoms with Gasteiger partial charge in [0.15, 0.2) is 5.13 Å². The summed E-state index contributed by atoms with van der Waals surface area (Å²) in [7, 11) is 0. The molecule has 0 bridgehead atoms. The second-order valence-corrected chi connectivity index (χ2v) is 5.30. The van der Waals surface area contributed by atoms with Crippen LogP contribution < -0.4 is 4.90 Å². The van der Waals surface area contributed by atoms with Gasteiger partial charge in [-0.05, 0) is 34.7 Å². The molecule has 1 aromatic rings. The van der Waals surface area contributed by atoms with Crippen molar-refractivity contribution in [2.45, 2.75) is 19.8 Å². The van der Waals surface area contributed by atoms with Crippen LogP contribution in [-0.4, -0.2) is 18.1 Å². The molecule has 4 heteroatoms. The van der Waals surface area contributed by atoms with Gasteiger partial charge in [-0.2, -0.15) is 0 Å². The minimum atomic E-state index is 0.816. The highest BCUT2D eigenvalue weighted by atomic mass is 79.9. The van der Waals surface area contributed by atoms with E-state index in [0.29, 0.717) is 0 Å². The zero-order chi connectivity index (χ0) is 9.26. The first-order valence-electron chi connectivity index (χ1n) is 4.61. The summed E-state index contributed by atoms with van der Waals surface area (Å²) in [4.78, 5) is 6.82. The van der Waals surface area contributed by atoms with E-state index in [1.54, 1.807) is 11.3 Å². The van der Waals surface area contributed by atoms with Gasteiger partial charge in [0, 0.05) is 18.5 Å². The van der Waals surface area contributed by atoms with E-state index >= 15 is 0 Å². The summed E-state index contributed by atoms with van der Waals surface area (Å²) >= 11 is 5.11. The second-order valence-electron chi connectivity index (χ2n) is 3.65. The Labute approximate surface area is 91.1 Å². The van der Waals surface area contributed by atoms with Crippen molar-refractivity contribution in [3.63, 3.8) is 0 Å². The number of piperidine rings is 1. The predicted molar refractivity (Wildman–Crippen MR) is 60.4 cm³/mol. The third kappa shape index (κ3) is 2.23. The lowest BCUT2D eigenvalue weighted by Gasteiger charge is -2.30. The lowest BCUT2D eigenvalue weighted by molar-refractivity contribution is 0.446. The molecular weight excluding hydrogens is 248 g/mol. The van der Waals surface area contributed by atoms with Crippen molar-refractivity contribution in [2.75, 3.05) is 18.0 Å². The molecule has 1 saturated heterocycles. The van der Waals surface area contributed by atoms with Crippen LogP contribution >= 0.6 is 27.3 Å². The number of thiazole rings is 1. The molecule has 1 aliphatic rings. The van der Waals surface area contributed by atoms with Gasteiger partial charge in [0.2, 0.25) is 0 Å². The first kappa shape index (κ1) is 9.46. The molecule has 1 aromatic heterocycles. The van der Waals surface area contributed by atoms with E-state index in [2.05, 4.69) is 38.1 Å². The van der Waals surface area contributed by atoms with Crippen molar-refractivity contribution in [3.8, 4) is 0 Å². The molecule has 2 heterocycles. The standard InChI is InChI=1S/C9H13BrN2S/c1-7-3-2-4-12(5-7)9-11-8(10)6-13-9/h6-7H,2-5H2,1H3. The monoisotopic (exact) mass is 260 g/mol. The average Bonchev–Trinajstić information content (AvgIpc) is 2.52. The van der Waals surface area contributed by atoms with Gasteiger partial charge in [0.25, 0.3) is 0 Å². The largest absolute Gasteiger partial charge is 0.348 e. The van der Waals surface area contributed by atoms with E-state index in [4.69, 9.17) is 0 Å². The van der Waals surface area contributed by atoms with Gasteiger partial charge < -0.3 is 4.90 Å². The van der Waals surface area contributed by atoms with Crippen LogP contribution in [0.15, 0.2) is 9.98 Å². The second kappa shape index (κ2) is 3.96. The number of rotatable bonds is 1. The fraction of sp³-hybridized carbons (Fsp3) is 0.667. The number of nitrogens with zero attached hydrogens (tertiary/aromatic N) is 2. The van der Waals surface area contributed by atoms with Crippen molar-refractivity contribution >= 4 is 32.4 Å². The van der Waals surface area contributed by atoms with E-state index in [1.165, 1.54) is 31.1 Å². The van der Waals surface area contributed by atoms with E-state index < -0.39 is 0 Å². The molecule has 1 atom stereocenters. The Morgan fingerprint density at radius 3 is 3.15 bits per heavy atom. The molecule has 0 spiro atoms. The van der Waals surface area contributed by atoms with Crippen LogP contribution in [0.3, 0.4) is 0 Å². The number of halogens is 1. The summed E-state index contributed by atoms with van der Waals surface area (Å²) in [6.45, 7) is 4.65. The lowest BCUT2D eigenvalue weighted by atomic mass is 10.0. The molecule has 0 aromatic carbocycles. The molecule has 2 rings (SSSR count). The summed E-state index contributed by atoms with van der Waals surface area (Å²) in [6, 6.07) is 0. The minimum absolute atomic E-state index is 0.816. The fourth-order valence-corrected chi connectivity index (χ4v) is 3.04. The first-order valence-corrected chi connectivity index (χ1v) is 6.29. The quantitative estimate of drug-likeness (QED) is 0.772. The molecule has 0 saturated carbocycles. The Bertz CT molecular complexity index is 287.